The number of hydrogen-bond acceptors (Lipinski definition) is 2. The number of nitrogens with one attached hydrogen (secondary N) is 1. The normalized spacial score (nSPS) is 11.8. The molecule has 2 heterocycles. The monoisotopic (exact) mass is 387 g/mol. The maximum Gasteiger partial charge on any atom is 0.416 e. The first kappa shape index (κ1) is 17.6. The van der Waals surface area contributed by atoms with Crippen molar-refractivity contribution in [3.8, 4) is 0 Å². The van der Waals surface area contributed by atoms with E-state index >= 15 is 0 Å². The van der Waals surface area contributed by atoms with Gasteiger partial charge in [-0.1, -0.05) is 23.2 Å². The molecule has 0 bridgehead atoms. The summed E-state index contributed by atoms with van der Waals surface area (Å²) in [6.07, 6.45) is -2.99. The zero-order valence-corrected chi connectivity index (χ0v) is 14.2. The first-order valence-corrected chi connectivity index (χ1v) is 7.74. The predicted molar refractivity (Wildman–Crippen MR) is 89.3 cm³/mol. The van der Waals surface area contributed by atoms with Crippen LogP contribution in [0.2, 0.25) is 10.0 Å². The van der Waals surface area contributed by atoms with Gasteiger partial charge < -0.3 is 5.32 Å². The quantitative estimate of drug-likeness (QED) is 0.654. The molecule has 2 aromatic heterocycles. The van der Waals surface area contributed by atoms with Gasteiger partial charge in [0.15, 0.2) is 0 Å². The van der Waals surface area contributed by atoms with E-state index in [4.69, 9.17) is 23.2 Å². The molecule has 0 radical (unpaired) electrons. The summed E-state index contributed by atoms with van der Waals surface area (Å²) in [5.74, 6) is -0.631. The fourth-order valence-corrected chi connectivity index (χ4v) is 2.71. The average Bonchev–Trinajstić information content (AvgIpc) is 2.83. The van der Waals surface area contributed by atoms with Crippen LogP contribution in [0.25, 0.3) is 5.65 Å². The van der Waals surface area contributed by atoms with Crippen molar-refractivity contribution in [1.29, 1.82) is 0 Å². The number of pyridine rings is 1. The lowest BCUT2D eigenvalue weighted by molar-refractivity contribution is -0.137. The number of halogens is 5. The Morgan fingerprint density at radius 2 is 1.92 bits per heavy atom. The molecule has 9 heteroatoms. The highest BCUT2D eigenvalue weighted by molar-refractivity contribution is 6.34. The van der Waals surface area contributed by atoms with Gasteiger partial charge in [-0.15, -0.1) is 0 Å². The minimum Gasteiger partial charge on any atom is -0.319 e. The molecule has 1 amide bonds. The van der Waals surface area contributed by atoms with Crippen molar-refractivity contribution >= 4 is 40.4 Å². The van der Waals surface area contributed by atoms with Gasteiger partial charge in [0.2, 0.25) is 0 Å². The van der Waals surface area contributed by atoms with Gasteiger partial charge in [0.05, 0.1) is 22.0 Å². The van der Waals surface area contributed by atoms with Crippen LogP contribution in [0.5, 0.6) is 0 Å². The molecule has 130 valence electrons. The minimum atomic E-state index is -4.54. The zero-order chi connectivity index (χ0) is 18.4. The molecule has 0 fully saturated rings. The molecule has 0 aliphatic carbocycles. The lowest BCUT2D eigenvalue weighted by atomic mass is 10.2. The van der Waals surface area contributed by atoms with E-state index in [0.29, 0.717) is 16.4 Å². The second-order valence-electron chi connectivity index (χ2n) is 5.27. The third-order valence-electron chi connectivity index (χ3n) is 3.52. The van der Waals surface area contributed by atoms with E-state index in [1.165, 1.54) is 4.40 Å². The molecule has 0 aliphatic heterocycles. The average molecular weight is 388 g/mol. The van der Waals surface area contributed by atoms with Crippen LogP contribution in [0.1, 0.15) is 21.7 Å². The molecule has 0 aliphatic rings. The topological polar surface area (TPSA) is 46.4 Å². The molecule has 3 aromatic rings. The third-order valence-corrected chi connectivity index (χ3v) is 4.08. The lowest BCUT2D eigenvalue weighted by Crippen LogP contribution is -2.16. The maximum absolute atomic E-state index is 12.8. The Kier molecular flexibility index (Phi) is 4.38. The van der Waals surface area contributed by atoms with E-state index in [9.17, 15) is 18.0 Å². The van der Waals surface area contributed by atoms with E-state index in [2.05, 4.69) is 10.3 Å². The van der Waals surface area contributed by atoms with Gasteiger partial charge in [-0.25, -0.2) is 4.98 Å². The van der Waals surface area contributed by atoms with Crippen molar-refractivity contribution in [3.05, 3.63) is 63.5 Å². The highest BCUT2D eigenvalue weighted by Crippen LogP contribution is 2.34. The second kappa shape index (κ2) is 6.24. The van der Waals surface area contributed by atoms with E-state index < -0.39 is 17.6 Å². The summed E-state index contributed by atoms with van der Waals surface area (Å²) < 4.78 is 40.0. The summed E-state index contributed by atoms with van der Waals surface area (Å²) >= 11 is 11.8. The molecule has 1 N–H and O–H groups in total. The van der Waals surface area contributed by atoms with Crippen molar-refractivity contribution in [2.75, 3.05) is 5.32 Å². The first-order valence-electron chi connectivity index (χ1n) is 6.99. The summed E-state index contributed by atoms with van der Waals surface area (Å²) in [7, 11) is 0. The summed E-state index contributed by atoms with van der Waals surface area (Å²) in [5, 5.41) is 2.85. The van der Waals surface area contributed by atoms with Crippen LogP contribution in [0, 0.1) is 6.92 Å². The highest BCUT2D eigenvalue weighted by Gasteiger charge is 2.31. The molecule has 0 unspecified atom stereocenters. The van der Waals surface area contributed by atoms with Crippen LogP contribution in [-0.4, -0.2) is 15.3 Å². The molecule has 3 rings (SSSR count). The van der Waals surface area contributed by atoms with Gasteiger partial charge in [0.1, 0.15) is 11.3 Å². The minimum absolute atomic E-state index is 0.00383. The fourth-order valence-electron chi connectivity index (χ4n) is 2.39. The van der Waals surface area contributed by atoms with Crippen molar-refractivity contribution < 1.29 is 18.0 Å². The van der Waals surface area contributed by atoms with Crippen LogP contribution in [0.15, 0.2) is 36.5 Å². The molecule has 0 saturated heterocycles. The second-order valence-corrected chi connectivity index (χ2v) is 6.11. The van der Waals surface area contributed by atoms with Crippen LogP contribution >= 0.6 is 23.2 Å². The van der Waals surface area contributed by atoms with Crippen molar-refractivity contribution in [1.82, 2.24) is 9.38 Å². The summed E-state index contributed by atoms with van der Waals surface area (Å²) in [4.78, 5) is 16.8. The number of aromatic nitrogens is 2. The number of aryl methyl sites for hydroxylation is 1. The molecular formula is C16H10Cl2F3N3O. The summed E-state index contributed by atoms with van der Waals surface area (Å²) in [6.45, 7) is 1.61. The zero-order valence-electron chi connectivity index (χ0n) is 12.7. The molecule has 0 saturated carbocycles. The Bertz CT molecular complexity index is 983. The van der Waals surface area contributed by atoms with E-state index in [1.807, 2.05) is 0 Å². The molecule has 1 aromatic carbocycles. The lowest BCUT2D eigenvalue weighted by Gasteiger charge is -2.12. The maximum atomic E-state index is 12.8. The van der Waals surface area contributed by atoms with Crippen molar-refractivity contribution in [2.24, 2.45) is 0 Å². The van der Waals surface area contributed by atoms with Crippen molar-refractivity contribution in [3.63, 3.8) is 0 Å². The number of hydrogen-bond donors (Lipinski definition) is 1. The predicted octanol–water partition coefficient (Wildman–Crippen LogP) is 5.22. The number of nitrogens with zero attached hydrogens (tertiary/aromatic N) is 2. The van der Waals surface area contributed by atoms with Crippen LogP contribution < -0.4 is 5.32 Å². The van der Waals surface area contributed by atoms with Gasteiger partial charge in [0.25, 0.3) is 5.91 Å². The summed E-state index contributed by atoms with van der Waals surface area (Å²) in [6, 6.07) is 5.86. The van der Waals surface area contributed by atoms with Crippen LogP contribution in [0.3, 0.4) is 0 Å². The third kappa shape index (κ3) is 3.43. The number of imidazole rings is 1. The molecular weight excluding hydrogens is 378 g/mol. The Morgan fingerprint density at radius 1 is 1.20 bits per heavy atom. The van der Waals surface area contributed by atoms with Gasteiger partial charge >= 0.3 is 6.18 Å². The SMILES string of the molecule is Cc1nc2cc(Cl)ccn2c1C(=O)Nc1cc(C(F)(F)F)ccc1Cl. The summed E-state index contributed by atoms with van der Waals surface area (Å²) in [5.41, 5.74) is -0.00745. The number of carbonyl (C=O) groups is 1. The van der Waals surface area contributed by atoms with E-state index in [0.717, 1.165) is 18.2 Å². The van der Waals surface area contributed by atoms with Gasteiger partial charge in [-0.2, -0.15) is 13.2 Å². The number of amides is 1. The number of fused-ring (bicyclic) bond motifs is 1. The van der Waals surface area contributed by atoms with Crippen LogP contribution in [0.4, 0.5) is 18.9 Å². The Hall–Kier alpha value is -2.25. The number of rotatable bonds is 2. The molecule has 0 atom stereocenters. The number of benzene rings is 1. The highest BCUT2D eigenvalue weighted by atomic mass is 35.5. The van der Waals surface area contributed by atoms with Crippen molar-refractivity contribution in [2.45, 2.75) is 13.1 Å². The molecule has 25 heavy (non-hydrogen) atoms. The van der Waals surface area contributed by atoms with Gasteiger partial charge in [-0.05, 0) is 31.2 Å². The Morgan fingerprint density at radius 3 is 2.60 bits per heavy atom. The number of alkyl halides is 3. The first-order chi connectivity index (χ1) is 11.7. The number of carbonyl (C=O) groups excluding carboxylic acids is 1. The van der Waals surface area contributed by atoms with Gasteiger partial charge in [-0.3, -0.25) is 9.20 Å². The molecule has 4 nitrogen and oxygen atoms in total. The van der Waals surface area contributed by atoms with E-state index in [1.54, 1.807) is 25.3 Å². The Balaban J connectivity index is 2.00. The number of anilines is 1. The Labute approximate surface area is 150 Å². The standard InChI is InChI=1S/C16H10Cl2F3N3O/c1-8-14(24-5-4-10(17)7-13(24)22-8)15(25)23-12-6-9(16(19,20)21)2-3-11(12)18/h2-7H,1H3,(H,23,25). The smallest absolute Gasteiger partial charge is 0.319 e. The molecule has 0 spiro atoms. The van der Waals surface area contributed by atoms with Gasteiger partial charge in [0, 0.05) is 17.3 Å². The van der Waals surface area contributed by atoms with Crippen LogP contribution in [-0.2, 0) is 6.18 Å². The van der Waals surface area contributed by atoms with E-state index in [-0.39, 0.29) is 16.4 Å². The largest absolute Gasteiger partial charge is 0.416 e. The fraction of sp³-hybridized carbons (Fsp3) is 0.125.